The van der Waals surface area contributed by atoms with Crippen molar-refractivity contribution in [1.29, 1.82) is 0 Å². The lowest BCUT2D eigenvalue weighted by Crippen LogP contribution is -2.47. The summed E-state index contributed by atoms with van der Waals surface area (Å²) in [7, 11) is 2.17. The van der Waals surface area contributed by atoms with Gasteiger partial charge in [0.05, 0.1) is 0 Å². The van der Waals surface area contributed by atoms with Crippen LogP contribution >= 0.6 is 0 Å². The minimum atomic E-state index is -0.115. The third-order valence-corrected chi connectivity index (χ3v) is 3.01. The van der Waals surface area contributed by atoms with Gasteiger partial charge in [0, 0.05) is 5.54 Å². The molecule has 0 atom stereocenters. The van der Waals surface area contributed by atoms with Gasteiger partial charge < -0.3 is 5.73 Å². The normalized spacial score (nSPS) is 12.8. The van der Waals surface area contributed by atoms with Crippen molar-refractivity contribution in [3.05, 3.63) is 12.1 Å². The molecular weight excluding hydrogens is 157 g/mol. The highest BCUT2D eigenvalue weighted by atomic mass is 14.7. The van der Waals surface area contributed by atoms with E-state index in [0.717, 1.165) is 18.2 Å². The van der Waals surface area contributed by atoms with Crippen molar-refractivity contribution in [2.24, 2.45) is 11.1 Å². The van der Waals surface area contributed by atoms with E-state index >= 15 is 0 Å². The zero-order valence-corrected chi connectivity index (χ0v) is 9.78. The van der Waals surface area contributed by atoms with Crippen molar-refractivity contribution in [2.75, 3.05) is 0 Å². The number of nitrogens with two attached hydrogens (primary N) is 1. The van der Waals surface area contributed by atoms with Crippen molar-refractivity contribution in [3.63, 3.8) is 0 Å². The van der Waals surface area contributed by atoms with Gasteiger partial charge in [-0.05, 0) is 19.3 Å². The van der Waals surface area contributed by atoms with E-state index < -0.39 is 0 Å². The molecule has 13 heavy (non-hydrogen) atoms. The quantitative estimate of drug-likeness (QED) is 0.647. The molecule has 0 saturated carbocycles. The topological polar surface area (TPSA) is 26.0 Å². The predicted octanol–water partition coefficient (Wildman–Crippen LogP) is 2.80. The van der Waals surface area contributed by atoms with Crippen LogP contribution in [0.1, 0.15) is 41.0 Å². The minimum absolute atomic E-state index is 0.115. The SMILES string of the molecule is C=C(C)[B]CCC(C)(C)C(C)(C)N. The van der Waals surface area contributed by atoms with Crippen molar-refractivity contribution in [3.8, 4) is 0 Å². The summed E-state index contributed by atoms with van der Waals surface area (Å²) in [6.45, 7) is 14.5. The summed E-state index contributed by atoms with van der Waals surface area (Å²) in [5, 5.41) is 0. The Bertz CT molecular complexity index is 177. The lowest BCUT2D eigenvalue weighted by molar-refractivity contribution is 0.194. The van der Waals surface area contributed by atoms with E-state index in [1.807, 2.05) is 6.92 Å². The largest absolute Gasteiger partial charge is 0.325 e. The molecular formula is C11H23BN. The van der Waals surface area contributed by atoms with Gasteiger partial charge in [0.1, 0.15) is 7.28 Å². The molecule has 0 aromatic rings. The molecule has 0 aliphatic heterocycles. The molecule has 1 radical (unpaired) electrons. The van der Waals surface area contributed by atoms with Crippen molar-refractivity contribution >= 4 is 7.28 Å². The molecule has 0 unspecified atom stereocenters. The monoisotopic (exact) mass is 180 g/mol. The van der Waals surface area contributed by atoms with Gasteiger partial charge in [-0.15, -0.1) is 12.1 Å². The Morgan fingerprint density at radius 1 is 1.31 bits per heavy atom. The summed E-state index contributed by atoms with van der Waals surface area (Å²) in [6.07, 6.45) is 2.19. The first kappa shape index (κ1) is 12.8. The van der Waals surface area contributed by atoms with Gasteiger partial charge in [0.2, 0.25) is 0 Å². The maximum atomic E-state index is 6.09. The molecule has 0 amide bonds. The summed E-state index contributed by atoms with van der Waals surface area (Å²) in [4.78, 5) is 0. The van der Waals surface area contributed by atoms with Crippen LogP contribution in [0.15, 0.2) is 12.1 Å². The highest BCUT2D eigenvalue weighted by Crippen LogP contribution is 2.33. The molecule has 0 aromatic carbocycles. The van der Waals surface area contributed by atoms with Gasteiger partial charge in [0.25, 0.3) is 0 Å². The van der Waals surface area contributed by atoms with Crippen molar-refractivity contribution in [1.82, 2.24) is 0 Å². The number of hydrogen-bond acceptors (Lipinski definition) is 1. The predicted molar refractivity (Wildman–Crippen MR) is 62.0 cm³/mol. The highest BCUT2D eigenvalue weighted by molar-refractivity contribution is 6.44. The van der Waals surface area contributed by atoms with Crippen LogP contribution in [0.4, 0.5) is 0 Å². The standard InChI is InChI=1S/C11H23BN/c1-9(2)12-8-7-10(3,4)11(5,6)13/h1,7-8,13H2,2-6H3. The van der Waals surface area contributed by atoms with Crippen LogP contribution in [0.5, 0.6) is 0 Å². The van der Waals surface area contributed by atoms with Crippen LogP contribution in [0.2, 0.25) is 6.32 Å². The van der Waals surface area contributed by atoms with Gasteiger partial charge in [-0.1, -0.05) is 33.5 Å². The third-order valence-electron chi connectivity index (χ3n) is 3.01. The number of hydrogen-bond donors (Lipinski definition) is 1. The second-order valence-corrected chi connectivity index (χ2v) is 5.19. The minimum Gasteiger partial charge on any atom is -0.325 e. The molecule has 0 saturated heterocycles. The Balaban J connectivity index is 3.97. The molecule has 0 spiro atoms. The third kappa shape index (κ3) is 4.51. The molecule has 2 N–H and O–H groups in total. The van der Waals surface area contributed by atoms with Crippen LogP contribution in [-0.4, -0.2) is 12.8 Å². The van der Waals surface area contributed by atoms with Crippen molar-refractivity contribution < 1.29 is 0 Å². The molecule has 0 bridgehead atoms. The van der Waals surface area contributed by atoms with E-state index in [1.54, 1.807) is 0 Å². The Morgan fingerprint density at radius 3 is 2.08 bits per heavy atom. The zero-order chi connectivity index (χ0) is 10.7. The molecule has 0 fully saturated rings. The van der Waals surface area contributed by atoms with E-state index in [9.17, 15) is 0 Å². The molecule has 0 aromatic heterocycles. The highest BCUT2D eigenvalue weighted by Gasteiger charge is 2.32. The number of allylic oxidation sites excluding steroid dienone is 1. The summed E-state index contributed by atoms with van der Waals surface area (Å²) in [5.41, 5.74) is 7.30. The Morgan fingerprint density at radius 2 is 1.77 bits per heavy atom. The summed E-state index contributed by atoms with van der Waals surface area (Å²) in [6, 6.07) is 0. The molecule has 0 aliphatic rings. The van der Waals surface area contributed by atoms with Crippen molar-refractivity contribution in [2.45, 2.75) is 52.9 Å². The summed E-state index contributed by atoms with van der Waals surface area (Å²) < 4.78 is 0. The zero-order valence-electron chi connectivity index (χ0n) is 9.78. The van der Waals surface area contributed by atoms with Gasteiger partial charge >= 0.3 is 0 Å². The molecule has 0 aliphatic carbocycles. The summed E-state index contributed by atoms with van der Waals surface area (Å²) in [5.74, 6) is 0. The molecule has 0 heterocycles. The van der Waals surface area contributed by atoms with E-state index in [1.165, 1.54) is 0 Å². The van der Waals surface area contributed by atoms with E-state index in [0.29, 0.717) is 0 Å². The smallest absolute Gasteiger partial charge is 0.144 e. The van der Waals surface area contributed by atoms with Crippen LogP contribution in [0.3, 0.4) is 0 Å². The molecule has 75 valence electrons. The molecule has 2 heteroatoms. The lowest BCUT2D eigenvalue weighted by Gasteiger charge is -2.38. The van der Waals surface area contributed by atoms with E-state index in [-0.39, 0.29) is 11.0 Å². The second kappa shape index (κ2) is 4.32. The fraction of sp³-hybridized carbons (Fsp3) is 0.818. The lowest BCUT2D eigenvalue weighted by atomic mass is 9.61. The van der Waals surface area contributed by atoms with Crippen LogP contribution in [-0.2, 0) is 0 Å². The van der Waals surface area contributed by atoms with Crippen LogP contribution in [0.25, 0.3) is 0 Å². The second-order valence-electron chi connectivity index (χ2n) is 5.19. The first-order chi connectivity index (χ1) is 5.67. The van der Waals surface area contributed by atoms with Gasteiger partial charge in [-0.3, -0.25) is 0 Å². The molecule has 1 nitrogen and oxygen atoms in total. The van der Waals surface area contributed by atoms with Crippen LogP contribution < -0.4 is 5.73 Å². The van der Waals surface area contributed by atoms with Gasteiger partial charge in [-0.25, -0.2) is 0 Å². The average molecular weight is 180 g/mol. The van der Waals surface area contributed by atoms with Crippen LogP contribution in [0, 0.1) is 5.41 Å². The Labute approximate surface area is 84.0 Å². The maximum Gasteiger partial charge on any atom is 0.144 e. The fourth-order valence-corrected chi connectivity index (χ4v) is 1.00. The van der Waals surface area contributed by atoms with Gasteiger partial charge in [0.15, 0.2) is 0 Å². The van der Waals surface area contributed by atoms with E-state index in [4.69, 9.17) is 5.73 Å². The summed E-state index contributed by atoms with van der Waals surface area (Å²) >= 11 is 0. The average Bonchev–Trinajstić information content (AvgIpc) is 1.82. The Hall–Kier alpha value is -0.235. The Kier molecular flexibility index (Phi) is 4.24. The number of rotatable bonds is 5. The first-order valence-electron chi connectivity index (χ1n) is 4.94. The molecule has 0 rings (SSSR count). The maximum absolute atomic E-state index is 6.09. The fourth-order valence-electron chi connectivity index (χ4n) is 1.00. The van der Waals surface area contributed by atoms with Gasteiger partial charge in [-0.2, -0.15) is 0 Å². The first-order valence-corrected chi connectivity index (χ1v) is 4.94. The van der Waals surface area contributed by atoms with E-state index in [2.05, 4.69) is 41.6 Å².